The second-order valence-corrected chi connectivity index (χ2v) is 5.21. The maximum Gasteiger partial charge on any atom is 0.126 e. The van der Waals surface area contributed by atoms with Gasteiger partial charge in [0.1, 0.15) is 11.5 Å². The molecule has 0 fully saturated rings. The lowest BCUT2D eigenvalue weighted by atomic mass is 10.0. The van der Waals surface area contributed by atoms with E-state index in [1.165, 1.54) is 49.7 Å². The summed E-state index contributed by atoms with van der Waals surface area (Å²) >= 11 is 0. The first kappa shape index (κ1) is 13.3. The number of fused-ring (bicyclic) bond motifs is 1. The van der Waals surface area contributed by atoms with E-state index in [1.807, 2.05) is 12.1 Å². The molecule has 2 rings (SSSR count). The summed E-state index contributed by atoms with van der Waals surface area (Å²) in [6.45, 7) is 3.01. The molecule has 1 aliphatic rings. The molecule has 0 spiro atoms. The lowest BCUT2D eigenvalue weighted by Gasteiger charge is -2.09. The average molecular weight is 248 g/mol. The maximum atomic E-state index is 9.69. The Morgan fingerprint density at radius 3 is 2.72 bits per heavy atom. The van der Waals surface area contributed by atoms with Crippen molar-refractivity contribution in [3.63, 3.8) is 0 Å². The Hall–Kier alpha value is -1.18. The molecule has 100 valence electrons. The molecule has 0 atom stereocenters. The van der Waals surface area contributed by atoms with E-state index in [9.17, 15) is 5.11 Å². The quantitative estimate of drug-likeness (QED) is 0.732. The predicted molar refractivity (Wildman–Crippen MR) is 74.4 cm³/mol. The monoisotopic (exact) mass is 248 g/mol. The maximum absolute atomic E-state index is 9.69. The van der Waals surface area contributed by atoms with Gasteiger partial charge < -0.3 is 9.84 Å². The van der Waals surface area contributed by atoms with Gasteiger partial charge in [-0.3, -0.25) is 0 Å². The molecule has 18 heavy (non-hydrogen) atoms. The van der Waals surface area contributed by atoms with Crippen LogP contribution in [0.3, 0.4) is 0 Å². The fourth-order valence-electron chi connectivity index (χ4n) is 2.65. The zero-order chi connectivity index (χ0) is 12.8. The average Bonchev–Trinajstić information content (AvgIpc) is 2.81. The first-order valence-corrected chi connectivity index (χ1v) is 7.29. The number of aryl methyl sites for hydroxylation is 1. The van der Waals surface area contributed by atoms with Crippen LogP contribution in [-0.4, -0.2) is 11.7 Å². The number of benzene rings is 1. The van der Waals surface area contributed by atoms with Gasteiger partial charge in [0.15, 0.2) is 0 Å². The summed E-state index contributed by atoms with van der Waals surface area (Å²) in [5.74, 6) is 1.43. The van der Waals surface area contributed by atoms with Crippen LogP contribution >= 0.6 is 0 Å². The van der Waals surface area contributed by atoms with Crippen LogP contribution < -0.4 is 4.74 Å². The van der Waals surface area contributed by atoms with Gasteiger partial charge in [-0.2, -0.15) is 0 Å². The summed E-state index contributed by atoms with van der Waals surface area (Å²) in [6.07, 6.45) is 9.78. The summed E-state index contributed by atoms with van der Waals surface area (Å²) in [5.41, 5.74) is 2.37. The molecule has 2 nitrogen and oxygen atoms in total. The van der Waals surface area contributed by atoms with Crippen LogP contribution in [0.4, 0.5) is 0 Å². The van der Waals surface area contributed by atoms with Crippen LogP contribution in [0.5, 0.6) is 11.5 Å². The van der Waals surface area contributed by atoms with Crippen LogP contribution in [0.15, 0.2) is 12.1 Å². The third-order valence-corrected chi connectivity index (χ3v) is 3.64. The van der Waals surface area contributed by atoms with Crippen LogP contribution in [-0.2, 0) is 12.8 Å². The molecule has 2 heteroatoms. The smallest absolute Gasteiger partial charge is 0.126 e. The second-order valence-electron chi connectivity index (χ2n) is 5.21. The molecule has 0 aliphatic carbocycles. The topological polar surface area (TPSA) is 29.5 Å². The number of phenolic OH excluding ortho intramolecular Hbond substituents is 1. The molecule has 0 unspecified atom stereocenters. The molecular formula is C16H24O2. The van der Waals surface area contributed by atoms with Crippen molar-refractivity contribution < 1.29 is 9.84 Å². The van der Waals surface area contributed by atoms with E-state index in [1.54, 1.807) is 0 Å². The summed E-state index contributed by atoms with van der Waals surface area (Å²) in [7, 11) is 0. The normalized spacial score (nSPS) is 13.4. The van der Waals surface area contributed by atoms with Gasteiger partial charge in [-0.1, -0.05) is 39.0 Å². The van der Waals surface area contributed by atoms with E-state index >= 15 is 0 Å². The van der Waals surface area contributed by atoms with Crippen LogP contribution in [0.1, 0.15) is 56.6 Å². The molecule has 1 aromatic carbocycles. The molecule has 1 aliphatic heterocycles. The van der Waals surface area contributed by atoms with Crippen molar-refractivity contribution in [2.24, 2.45) is 0 Å². The minimum absolute atomic E-state index is 0.389. The van der Waals surface area contributed by atoms with Gasteiger partial charge in [0.25, 0.3) is 0 Å². The summed E-state index contributed by atoms with van der Waals surface area (Å²) in [6, 6.07) is 3.71. The van der Waals surface area contributed by atoms with Crippen molar-refractivity contribution in [2.45, 2.75) is 58.3 Å². The van der Waals surface area contributed by atoms with Crippen molar-refractivity contribution in [2.75, 3.05) is 6.61 Å². The standard InChI is InChI=1S/C16H24O2/c1-2-3-4-5-6-7-8-13-11-15(17)12-14-9-10-18-16(13)14/h11-12,17H,2-10H2,1H3. The molecule has 1 N–H and O–H groups in total. The van der Waals surface area contributed by atoms with Crippen molar-refractivity contribution in [1.29, 1.82) is 0 Å². The SMILES string of the molecule is CCCCCCCCc1cc(O)cc2c1OCC2. The lowest BCUT2D eigenvalue weighted by molar-refractivity contribution is 0.352. The number of aromatic hydroxyl groups is 1. The molecule has 0 saturated heterocycles. The van der Waals surface area contributed by atoms with Crippen molar-refractivity contribution >= 4 is 0 Å². The Morgan fingerprint density at radius 1 is 1.11 bits per heavy atom. The molecule has 0 amide bonds. The number of hydrogen-bond acceptors (Lipinski definition) is 2. The molecule has 1 aromatic rings. The van der Waals surface area contributed by atoms with Gasteiger partial charge in [0, 0.05) is 12.0 Å². The number of hydrogen-bond donors (Lipinski definition) is 1. The first-order chi connectivity index (χ1) is 8.81. The highest BCUT2D eigenvalue weighted by atomic mass is 16.5. The molecule has 0 bridgehead atoms. The fraction of sp³-hybridized carbons (Fsp3) is 0.625. The van der Waals surface area contributed by atoms with E-state index in [-0.39, 0.29) is 0 Å². The number of rotatable bonds is 7. The van der Waals surface area contributed by atoms with E-state index < -0.39 is 0 Å². The number of phenols is 1. The van der Waals surface area contributed by atoms with Gasteiger partial charge in [0.2, 0.25) is 0 Å². The van der Waals surface area contributed by atoms with Gasteiger partial charge in [0.05, 0.1) is 6.61 Å². The highest BCUT2D eigenvalue weighted by Crippen LogP contribution is 2.34. The Labute approximate surface area is 110 Å². The van der Waals surface area contributed by atoms with Crippen molar-refractivity contribution in [1.82, 2.24) is 0 Å². The number of ether oxygens (including phenoxy) is 1. The van der Waals surface area contributed by atoms with E-state index in [0.29, 0.717) is 5.75 Å². The van der Waals surface area contributed by atoms with Crippen molar-refractivity contribution in [3.05, 3.63) is 23.3 Å². The van der Waals surface area contributed by atoms with Gasteiger partial charge in [-0.25, -0.2) is 0 Å². The number of unbranched alkanes of at least 4 members (excludes halogenated alkanes) is 5. The summed E-state index contributed by atoms with van der Waals surface area (Å²) in [5, 5.41) is 9.69. The molecule has 0 radical (unpaired) electrons. The van der Waals surface area contributed by atoms with E-state index in [0.717, 1.165) is 25.2 Å². The van der Waals surface area contributed by atoms with Crippen LogP contribution in [0.25, 0.3) is 0 Å². The van der Waals surface area contributed by atoms with Crippen LogP contribution in [0.2, 0.25) is 0 Å². The highest BCUT2D eigenvalue weighted by molar-refractivity contribution is 5.48. The Kier molecular flexibility index (Phi) is 4.91. The minimum atomic E-state index is 0.389. The fourth-order valence-corrected chi connectivity index (χ4v) is 2.65. The van der Waals surface area contributed by atoms with Gasteiger partial charge in [-0.05, 0) is 30.5 Å². The third kappa shape index (κ3) is 3.41. The van der Waals surface area contributed by atoms with Gasteiger partial charge >= 0.3 is 0 Å². The molecule has 1 heterocycles. The minimum Gasteiger partial charge on any atom is -0.508 e. The molecular weight excluding hydrogens is 224 g/mol. The summed E-state index contributed by atoms with van der Waals surface area (Å²) in [4.78, 5) is 0. The summed E-state index contributed by atoms with van der Waals surface area (Å²) < 4.78 is 5.67. The first-order valence-electron chi connectivity index (χ1n) is 7.29. The molecule has 0 aromatic heterocycles. The second kappa shape index (κ2) is 6.67. The zero-order valence-corrected chi connectivity index (χ0v) is 11.4. The van der Waals surface area contributed by atoms with E-state index in [4.69, 9.17) is 4.74 Å². The van der Waals surface area contributed by atoms with Gasteiger partial charge in [-0.15, -0.1) is 0 Å². The third-order valence-electron chi connectivity index (χ3n) is 3.64. The largest absolute Gasteiger partial charge is 0.508 e. The Morgan fingerprint density at radius 2 is 1.89 bits per heavy atom. The molecule has 0 saturated carbocycles. The van der Waals surface area contributed by atoms with Crippen LogP contribution in [0, 0.1) is 0 Å². The zero-order valence-electron chi connectivity index (χ0n) is 11.4. The lowest BCUT2D eigenvalue weighted by Crippen LogP contribution is -1.93. The Balaban J connectivity index is 1.82. The van der Waals surface area contributed by atoms with Crippen molar-refractivity contribution in [3.8, 4) is 11.5 Å². The highest BCUT2D eigenvalue weighted by Gasteiger charge is 2.17. The predicted octanol–water partition coefficient (Wildman–Crippen LogP) is 4.23. The van der Waals surface area contributed by atoms with E-state index in [2.05, 4.69) is 6.92 Å². The Bertz CT molecular complexity index is 385.